The number of nitrogens with two attached hydrogens (primary N) is 1. The first-order valence-corrected chi connectivity index (χ1v) is 15.5. The number of piperidine rings is 1. The van der Waals surface area contributed by atoms with Gasteiger partial charge in [0.15, 0.2) is 0 Å². The third kappa shape index (κ3) is 6.45. The number of aliphatic imine (C=N–C) groups is 1. The van der Waals surface area contributed by atoms with Gasteiger partial charge in [0, 0.05) is 34.3 Å². The van der Waals surface area contributed by atoms with Crippen molar-refractivity contribution in [3.05, 3.63) is 76.4 Å². The third-order valence-corrected chi connectivity index (χ3v) is 9.04. The van der Waals surface area contributed by atoms with Crippen LogP contribution in [0.25, 0.3) is 15.8 Å². The standard InChI is InChI=1S/C30H35N7S.C2H6/c1-19(2)29(31)23-13-25(32-15-23)24-16-33-28(34-17-24)18-37-10-8-21(9-11-37)27-14-22-12-26(35-36-30(22)38-27)20-6-4-3-5-7-20;1-2/h4,6-7,12-14,16-17,19,21,29H,3,5,8-11,15,18,31H2,1-2H3;1-2H3/t29-;/m1./s1. The van der Waals surface area contributed by atoms with Gasteiger partial charge in [0.1, 0.15) is 10.7 Å². The first-order valence-electron chi connectivity index (χ1n) is 14.7. The Bertz CT molecular complexity index is 1420. The molecule has 0 radical (unpaired) electrons. The Morgan fingerprint density at radius 1 is 1.05 bits per heavy atom. The predicted octanol–water partition coefficient (Wildman–Crippen LogP) is 6.33. The van der Waals surface area contributed by atoms with Gasteiger partial charge in [0.2, 0.25) is 0 Å². The Labute approximate surface area is 242 Å². The molecule has 1 atom stereocenters. The van der Waals surface area contributed by atoms with Crippen molar-refractivity contribution in [1.29, 1.82) is 0 Å². The van der Waals surface area contributed by atoms with Gasteiger partial charge in [-0.05, 0) is 80.0 Å². The van der Waals surface area contributed by atoms with Crippen molar-refractivity contribution in [2.24, 2.45) is 16.6 Å². The lowest BCUT2D eigenvalue weighted by Gasteiger charge is -2.30. The number of hydrogen-bond donors (Lipinski definition) is 1. The van der Waals surface area contributed by atoms with Crippen molar-refractivity contribution >= 4 is 32.8 Å². The zero-order chi connectivity index (χ0) is 28.1. The van der Waals surface area contributed by atoms with E-state index in [0.717, 1.165) is 72.9 Å². The maximum Gasteiger partial charge on any atom is 0.146 e. The summed E-state index contributed by atoms with van der Waals surface area (Å²) >= 11 is 1.80. The molecule has 8 heteroatoms. The number of rotatable bonds is 7. The molecule has 0 spiro atoms. The fraction of sp³-hybridized carbons (Fsp3) is 0.469. The van der Waals surface area contributed by atoms with Crippen molar-refractivity contribution in [1.82, 2.24) is 25.1 Å². The van der Waals surface area contributed by atoms with Crippen LogP contribution in [0.15, 0.2) is 59.4 Å². The molecule has 1 fully saturated rings. The summed E-state index contributed by atoms with van der Waals surface area (Å²) in [5.74, 6) is 1.84. The minimum atomic E-state index is 0.0500. The highest BCUT2D eigenvalue weighted by atomic mass is 32.1. The Morgan fingerprint density at radius 2 is 1.82 bits per heavy atom. The van der Waals surface area contributed by atoms with E-state index in [1.807, 2.05) is 26.2 Å². The minimum Gasteiger partial charge on any atom is -0.324 e. The highest BCUT2D eigenvalue weighted by Crippen LogP contribution is 2.36. The van der Waals surface area contributed by atoms with Crippen molar-refractivity contribution < 1.29 is 0 Å². The SMILES string of the molecule is CC.CC(C)[C@@H](N)C1=CC(c2cnc(CN3CCC(c4cc5cc(C6=CCCC=C6)nnc5s4)CC3)nc2)=NC1. The van der Waals surface area contributed by atoms with Crippen molar-refractivity contribution in [3.63, 3.8) is 0 Å². The van der Waals surface area contributed by atoms with Crippen LogP contribution in [0.5, 0.6) is 0 Å². The Morgan fingerprint density at radius 3 is 2.52 bits per heavy atom. The highest BCUT2D eigenvalue weighted by Gasteiger charge is 2.24. The summed E-state index contributed by atoms with van der Waals surface area (Å²) in [6.45, 7) is 11.8. The van der Waals surface area contributed by atoms with Crippen molar-refractivity contribution in [2.75, 3.05) is 19.6 Å². The van der Waals surface area contributed by atoms with Crippen LogP contribution in [0.3, 0.4) is 0 Å². The maximum atomic E-state index is 6.30. The fourth-order valence-corrected chi connectivity index (χ4v) is 6.54. The van der Waals surface area contributed by atoms with Crippen molar-refractivity contribution in [2.45, 2.75) is 71.9 Å². The van der Waals surface area contributed by atoms with E-state index in [9.17, 15) is 0 Å². The number of allylic oxidation sites excluding steroid dienone is 5. The molecule has 1 aliphatic carbocycles. The number of likely N-dealkylation sites (tertiary alicyclic amines) is 1. The molecule has 7 nitrogen and oxygen atoms in total. The van der Waals surface area contributed by atoms with Crippen LogP contribution in [0.4, 0.5) is 0 Å². The molecule has 5 heterocycles. The molecule has 210 valence electrons. The number of fused-ring (bicyclic) bond motifs is 1. The topological polar surface area (TPSA) is 93.2 Å². The van der Waals surface area contributed by atoms with Gasteiger partial charge in [-0.3, -0.25) is 9.89 Å². The number of thiophene rings is 1. The van der Waals surface area contributed by atoms with E-state index in [0.29, 0.717) is 18.4 Å². The van der Waals surface area contributed by atoms with E-state index in [-0.39, 0.29) is 6.04 Å². The zero-order valence-corrected chi connectivity index (χ0v) is 25.0. The smallest absolute Gasteiger partial charge is 0.146 e. The Hall–Kier alpha value is -3.07. The van der Waals surface area contributed by atoms with Gasteiger partial charge in [0.25, 0.3) is 0 Å². The Balaban J connectivity index is 0.00000158. The third-order valence-electron chi connectivity index (χ3n) is 7.85. The molecule has 3 aliphatic rings. The molecule has 3 aromatic heterocycles. The van der Waals surface area contributed by atoms with E-state index in [1.54, 1.807) is 11.3 Å². The average molecular weight is 556 g/mol. The maximum absolute atomic E-state index is 6.30. The second kappa shape index (κ2) is 13.1. The van der Waals surface area contributed by atoms with Gasteiger partial charge in [-0.25, -0.2) is 9.97 Å². The quantitative estimate of drug-likeness (QED) is 0.366. The first kappa shape index (κ1) is 28.5. The van der Waals surface area contributed by atoms with Crippen LogP contribution in [0, 0.1) is 5.92 Å². The van der Waals surface area contributed by atoms with Crippen LogP contribution in [0.2, 0.25) is 0 Å². The molecule has 40 heavy (non-hydrogen) atoms. The van der Waals surface area contributed by atoms with Gasteiger partial charge in [-0.15, -0.1) is 21.5 Å². The summed E-state index contributed by atoms with van der Waals surface area (Å²) in [7, 11) is 0. The number of nitrogens with zero attached hydrogens (tertiary/aromatic N) is 6. The van der Waals surface area contributed by atoms with Crippen LogP contribution >= 0.6 is 11.3 Å². The molecular formula is C32H41N7S. The predicted molar refractivity (Wildman–Crippen MR) is 167 cm³/mol. The second-order valence-electron chi connectivity index (χ2n) is 10.9. The van der Waals surface area contributed by atoms with Crippen LogP contribution < -0.4 is 5.73 Å². The molecule has 0 saturated carbocycles. The van der Waals surface area contributed by atoms with E-state index >= 15 is 0 Å². The van der Waals surface area contributed by atoms with E-state index in [2.05, 4.69) is 80.3 Å². The summed E-state index contributed by atoms with van der Waals surface area (Å²) in [4.78, 5) is 18.9. The molecule has 2 aliphatic heterocycles. The monoisotopic (exact) mass is 555 g/mol. The molecule has 2 N–H and O–H groups in total. The van der Waals surface area contributed by atoms with Gasteiger partial charge in [-0.2, -0.15) is 0 Å². The molecule has 0 amide bonds. The molecule has 1 saturated heterocycles. The van der Waals surface area contributed by atoms with Crippen LogP contribution in [-0.2, 0) is 6.54 Å². The largest absolute Gasteiger partial charge is 0.324 e. The molecule has 0 bridgehead atoms. The normalized spacial score (nSPS) is 18.8. The van der Waals surface area contributed by atoms with Gasteiger partial charge in [-0.1, -0.05) is 45.9 Å². The van der Waals surface area contributed by atoms with Gasteiger partial charge in [0.05, 0.1) is 24.5 Å². The van der Waals surface area contributed by atoms with Crippen LogP contribution in [0.1, 0.15) is 81.3 Å². The molecule has 0 aromatic carbocycles. The molecule has 3 aromatic rings. The minimum absolute atomic E-state index is 0.0500. The summed E-state index contributed by atoms with van der Waals surface area (Å²) in [6, 6.07) is 4.59. The van der Waals surface area contributed by atoms with Crippen molar-refractivity contribution in [3.8, 4) is 0 Å². The Kier molecular flexibility index (Phi) is 9.29. The van der Waals surface area contributed by atoms with E-state index in [1.165, 1.54) is 21.4 Å². The van der Waals surface area contributed by atoms with Gasteiger partial charge < -0.3 is 5.73 Å². The molecule has 6 rings (SSSR count). The van der Waals surface area contributed by atoms with Gasteiger partial charge >= 0.3 is 0 Å². The highest BCUT2D eigenvalue weighted by molar-refractivity contribution is 7.18. The summed E-state index contributed by atoms with van der Waals surface area (Å²) in [5.41, 5.74) is 11.6. The average Bonchev–Trinajstić information content (AvgIpc) is 3.67. The number of hydrogen-bond acceptors (Lipinski definition) is 8. The molecule has 0 unspecified atom stereocenters. The lowest BCUT2D eigenvalue weighted by atomic mass is 9.95. The zero-order valence-electron chi connectivity index (χ0n) is 24.2. The number of aromatic nitrogens is 4. The lowest BCUT2D eigenvalue weighted by Crippen LogP contribution is -2.32. The fourth-order valence-electron chi connectivity index (χ4n) is 5.41. The molecular weight excluding hydrogens is 514 g/mol. The van der Waals surface area contributed by atoms with E-state index < -0.39 is 0 Å². The lowest BCUT2D eigenvalue weighted by molar-refractivity contribution is 0.201. The van der Waals surface area contributed by atoms with Crippen LogP contribution in [-0.4, -0.2) is 56.5 Å². The summed E-state index contributed by atoms with van der Waals surface area (Å²) in [5, 5.41) is 10.3. The second-order valence-corrected chi connectivity index (χ2v) is 12.0. The first-order chi connectivity index (χ1) is 19.5. The summed E-state index contributed by atoms with van der Waals surface area (Å²) < 4.78 is 0. The summed E-state index contributed by atoms with van der Waals surface area (Å²) in [6.07, 6.45) is 17.0. The van der Waals surface area contributed by atoms with E-state index in [4.69, 9.17) is 5.73 Å².